The molecule has 0 aliphatic heterocycles. The number of hydrogen-bond acceptors (Lipinski definition) is 4. The Morgan fingerprint density at radius 2 is 2.20 bits per heavy atom. The standard InChI is InChI=1S/C9H10FN3O2/c1-13(6-9(14)15)12-11-8-5-3-2-4-7(8)10/h2-5H,6H2,1H3,(H,14,15)/p-1. The van der Waals surface area contributed by atoms with Crippen molar-refractivity contribution >= 4 is 11.7 Å². The fourth-order valence-electron chi connectivity index (χ4n) is 0.876. The first kappa shape index (κ1) is 11.1. The molecule has 15 heavy (non-hydrogen) atoms. The summed E-state index contributed by atoms with van der Waals surface area (Å²) >= 11 is 0. The summed E-state index contributed by atoms with van der Waals surface area (Å²) in [5, 5.41) is 18.2. The fourth-order valence-corrected chi connectivity index (χ4v) is 0.876. The van der Waals surface area contributed by atoms with Crippen LogP contribution in [0.5, 0.6) is 0 Å². The summed E-state index contributed by atoms with van der Waals surface area (Å²) < 4.78 is 13.0. The smallest absolute Gasteiger partial charge is 0.150 e. The van der Waals surface area contributed by atoms with Crippen LogP contribution in [0, 0.1) is 5.82 Å². The molecule has 5 nitrogen and oxygen atoms in total. The van der Waals surface area contributed by atoms with E-state index in [1.807, 2.05) is 0 Å². The van der Waals surface area contributed by atoms with Gasteiger partial charge in [0.05, 0.1) is 12.5 Å². The van der Waals surface area contributed by atoms with Crippen molar-refractivity contribution in [3.05, 3.63) is 30.1 Å². The zero-order valence-electron chi connectivity index (χ0n) is 8.05. The molecule has 0 saturated heterocycles. The summed E-state index contributed by atoms with van der Waals surface area (Å²) in [5.41, 5.74) is 0.0581. The van der Waals surface area contributed by atoms with Gasteiger partial charge in [-0.1, -0.05) is 17.4 Å². The van der Waals surface area contributed by atoms with Crippen LogP contribution >= 0.6 is 0 Å². The highest BCUT2D eigenvalue weighted by atomic mass is 19.1. The number of carbonyl (C=O) groups is 1. The summed E-state index contributed by atoms with van der Waals surface area (Å²) in [6.07, 6.45) is 0. The second-order valence-electron chi connectivity index (χ2n) is 2.83. The molecular weight excluding hydrogens is 201 g/mol. The van der Waals surface area contributed by atoms with E-state index in [9.17, 15) is 14.3 Å². The number of carboxylic acids is 1. The van der Waals surface area contributed by atoms with Gasteiger partial charge in [-0.25, -0.2) is 4.39 Å². The first-order chi connectivity index (χ1) is 7.09. The quantitative estimate of drug-likeness (QED) is 0.537. The van der Waals surface area contributed by atoms with Gasteiger partial charge in [0.1, 0.15) is 5.69 Å². The molecule has 0 amide bonds. The third kappa shape index (κ3) is 3.72. The fraction of sp³-hybridized carbons (Fsp3) is 0.222. The number of hydrogen-bond donors (Lipinski definition) is 0. The lowest BCUT2D eigenvalue weighted by Gasteiger charge is -2.10. The van der Waals surface area contributed by atoms with Gasteiger partial charge in [0, 0.05) is 7.05 Å². The average Bonchev–Trinajstić information content (AvgIpc) is 2.15. The van der Waals surface area contributed by atoms with E-state index in [-0.39, 0.29) is 5.69 Å². The highest BCUT2D eigenvalue weighted by Crippen LogP contribution is 2.16. The largest absolute Gasteiger partial charge is 0.548 e. The minimum absolute atomic E-state index is 0.0581. The molecule has 1 aromatic carbocycles. The van der Waals surface area contributed by atoms with E-state index < -0.39 is 18.3 Å². The number of rotatable bonds is 4. The van der Waals surface area contributed by atoms with Crippen molar-refractivity contribution in [1.82, 2.24) is 5.01 Å². The second-order valence-corrected chi connectivity index (χ2v) is 2.83. The molecule has 0 unspecified atom stereocenters. The van der Waals surface area contributed by atoms with E-state index in [0.29, 0.717) is 0 Å². The topological polar surface area (TPSA) is 68.1 Å². The number of likely N-dealkylation sites (N-methyl/N-ethyl adjacent to an activating group) is 1. The van der Waals surface area contributed by atoms with Gasteiger partial charge in [-0.3, -0.25) is 5.01 Å². The third-order valence-electron chi connectivity index (χ3n) is 1.52. The maximum Gasteiger partial charge on any atom is 0.150 e. The lowest BCUT2D eigenvalue weighted by atomic mass is 10.3. The summed E-state index contributed by atoms with van der Waals surface area (Å²) in [6, 6.07) is 5.81. The van der Waals surface area contributed by atoms with E-state index in [2.05, 4.69) is 10.3 Å². The minimum atomic E-state index is -1.27. The molecule has 0 aromatic heterocycles. The van der Waals surface area contributed by atoms with Crippen LogP contribution in [0.15, 0.2) is 34.6 Å². The van der Waals surface area contributed by atoms with E-state index >= 15 is 0 Å². The first-order valence-electron chi connectivity index (χ1n) is 4.17. The molecule has 0 heterocycles. The van der Waals surface area contributed by atoms with Gasteiger partial charge in [0.2, 0.25) is 0 Å². The first-order valence-corrected chi connectivity index (χ1v) is 4.17. The van der Waals surface area contributed by atoms with Crippen molar-refractivity contribution < 1.29 is 14.3 Å². The number of carboxylic acid groups (broad SMARTS) is 1. The summed E-state index contributed by atoms with van der Waals surface area (Å²) in [6.45, 7) is -0.391. The minimum Gasteiger partial charge on any atom is -0.548 e. The second kappa shape index (κ2) is 5.04. The average molecular weight is 210 g/mol. The molecule has 0 atom stereocenters. The predicted molar refractivity (Wildman–Crippen MR) is 48.6 cm³/mol. The Morgan fingerprint density at radius 1 is 1.53 bits per heavy atom. The van der Waals surface area contributed by atoms with E-state index in [1.54, 1.807) is 6.07 Å². The lowest BCUT2D eigenvalue weighted by Crippen LogP contribution is -2.33. The van der Waals surface area contributed by atoms with Crippen molar-refractivity contribution in [2.75, 3.05) is 13.6 Å². The Kier molecular flexibility index (Phi) is 3.73. The molecule has 0 radical (unpaired) electrons. The van der Waals surface area contributed by atoms with Gasteiger partial charge < -0.3 is 9.90 Å². The zero-order valence-corrected chi connectivity index (χ0v) is 8.05. The van der Waals surface area contributed by atoms with Gasteiger partial charge in [0.15, 0.2) is 5.82 Å². The van der Waals surface area contributed by atoms with Crippen LogP contribution in [0.1, 0.15) is 0 Å². The Labute approximate surface area is 85.8 Å². The molecule has 0 fully saturated rings. The van der Waals surface area contributed by atoms with Crippen molar-refractivity contribution in [2.24, 2.45) is 10.3 Å². The molecular formula is C9H9FN3O2-. The van der Waals surface area contributed by atoms with Gasteiger partial charge in [-0.05, 0) is 12.1 Å². The summed E-state index contributed by atoms with van der Waals surface area (Å²) in [5.74, 6) is -1.78. The molecule has 0 spiro atoms. The Balaban J connectivity index is 2.65. The molecule has 0 N–H and O–H groups in total. The highest BCUT2D eigenvalue weighted by Gasteiger charge is 1.98. The van der Waals surface area contributed by atoms with Crippen molar-refractivity contribution in [2.45, 2.75) is 0 Å². The van der Waals surface area contributed by atoms with Gasteiger partial charge in [0.25, 0.3) is 0 Å². The molecule has 1 rings (SSSR count). The number of aliphatic carboxylic acids is 1. The van der Waals surface area contributed by atoms with Crippen molar-refractivity contribution in [1.29, 1.82) is 0 Å². The van der Waals surface area contributed by atoms with Crippen LogP contribution in [0.3, 0.4) is 0 Å². The predicted octanol–water partition coefficient (Wildman–Crippen LogP) is 0.506. The zero-order chi connectivity index (χ0) is 11.3. The summed E-state index contributed by atoms with van der Waals surface area (Å²) in [4.78, 5) is 10.2. The van der Waals surface area contributed by atoms with Crippen LogP contribution in [-0.4, -0.2) is 24.6 Å². The third-order valence-corrected chi connectivity index (χ3v) is 1.52. The monoisotopic (exact) mass is 210 g/mol. The molecule has 1 aromatic rings. The molecule has 0 bridgehead atoms. The van der Waals surface area contributed by atoms with Crippen LogP contribution in [-0.2, 0) is 4.79 Å². The number of nitrogens with zero attached hydrogens (tertiary/aromatic N) is 3. The van der Waals surface area contributed by atoms with Crippen molar-refractivity contribution in [3.63, 3.8) is 0 Å². The molecule has 0 aliphatic rings. The normalized spacial score (nSPS) is 10.5. The molecule has 0 aliphatic carbocycles. The number of halogens is 1. The van der Waals surface area contributed by atoms with E-state index in [0.717, 1.165) is 5.01 Å². The van der Waals surface area contributed by atoms with Crippen LogP contribution < -0.4 is 5.11 Å². The summed E-state index contributed by atoms with van der Waals surface area (Å²) in [7, 11) is 1.40. The highest BCUT2D eigenvalue weighted by molar-refractivity contribution is 5.66. The van der Waals surface area contributed by atoms with Gasteiger partial charge >= 0.3 is 0 Å². The van der Waals surface area contributed by atoms with Gasteiger partial charge in [-0.15, -0.1) is 5.11 Å². The van der Waals surface area contributed by atoms with E-state index in [4.69, 9.17) is 0 Å². The maximum atomic E-state index is 13.0. The van der Waals surface area contributed by atoms with Crippen LogP contribution in [0.25, 0.3) is 0 Å². The Morgan fingerprint density at radius 3 is 2.80 bits per heavy atom. The molecule has 80 valence electrons. The van der Waals surface area contributed by atoms with Crippen LogP contribution in [0.4, 0.5) is 10.1 Å². The van der Waals surface area contributed by atoms with Gasteiger partial charge in [-0.2, -0.15) is 0 Å². The molecule has 0 saturated carbocycles. The van der Waals surface area contributed by atoms with E-state index in [1.165, 1.54) is 25.2 Å². The van der Waals surface area contributed by atoms with Crippen molar-refractivity contribution in [3.8, 4) is 0 Å². The number of benzene rings is 1. The Hall–Kier alpha value is -1.98. The van der Waals surface area contributed by atoms with Crippen LogP contribution in [0.2, 0.25) is 0 Å². The number of carbonyl (C=O) groups excluding carboxylic acids is 1. The molecule has 6 heteroatoms. The SMILES string of the molecule is CN(CC(=O)[O-])N=Nc1ccccc1F. The lowest BCUT2D eigenvalue weighted by molar-refractivity contribution is -0.306. The Bertz CT molecular complexity index is 381. The maximum absolute atomic E-state index is 13.0.